The monoisotopic (exact) mass is 478 g/mol. The second-order valence-electron chi connectivity index (χ2n) is 6.89. The number of nitro benzene ring substituents is 2. The summed E-state index contributed by atoms with van der Waals surface area (Å²) in [7, 11) is 0. The minimum Gasteiger partial charge on any atom is -0.449 e. The summed E-state index contributed by atoms with van der Waals surface area (Å²) in [6.45, 7) is 1.80. The second kappa shape index (κ2) is 10.2. The number of rotatable bonds is 7. The molecular weight excluding hydrogens is 464 g/mol. The molecule has 170 valence electrons. The topological polar surface area (TPSA) is 148 Å². The molecule has 0 aliphatic heterocycles. The predicted octanol–water partition coefficient (Wildman–Crippen LogP) is 5.80. The SMILES string of the molecule is Cc1ccccc1NC(=O)/C(C#N)=C/c1cc(Cl)ccc1Oc1ccc([N+](=O)[O-])cc1[N+](=O)[O-]. The third-order valence-corrected chi connectivity index (χ3v) is 4.84. The van der Waals surface area contributed by atoms with Gasteiger partial charge in [0.25, 0.3) is 11.6 Å². The minimum atomic E-state index is -0.815. The number of para-hydroxylation sites is 1. The first-order chi connectivity index (χ1) is 16.2. The number of ether oxygens (including phenoxy) is 1. The molecule has 0 aliphatic rings. The van der Waals surface area contributed by atoms with Crippen LogP contribution in [-0.4, -0.2) is 15.8 Å². The van der Waals surface area contributed by atoms with Crippen molar-refractivity contribution in [1.29, 1.82) is 5.26 Å². The van der Waals surface area contributed by atoms with Crippen LogP contribution in [0.3, 0.4) is 0 Å². The zero-order chi connectivity index (χ0) is 24.8. The zero-order valence-electron chi connectivity index (χ0n) is 17.5. The number of hydrogen-bond donors (Lipinski definition) is 1. The van der Waals surface area contributed by atoms with Crippen molar-refractivity contribution in [2.75, 3.05) is 5.32 Å². The van der Waals surface area contributed by atoms with E-state index in [1.54, 1.807) is 31.2 Å². The number of nitro groups is 2. The van der Waals surface area contributed by atoms with E-state index in [1.165, 1.54) is 24.3 Å². The maximum absolute atomic E-state index is 12.7. The van der Waals surface area contributed by atoms with E-state index in [-0.39, 0.29) is 27.7 Å². The molecule has 11 heteroatoms. The highest BCUT2D eigenvalue weighted by Gasteiger charge is 2.22. The molecule has 10 nitrogen and oxygen atoms in total. The molecule has 0 radical (unpaired) electrons. The van der Waals surface area contributed by atoms with Gasteiger partial charge in [0.2, 0.25) is 5.75 Å². The van der Waals surface area contributed by atoms with Gasteiger partial charge < -0.3 is 10.1 Å². The van der Waals surface area contributed by atoms with E-state index in [1.807, 2.05) is 6.07 Å². The van der Waals surface area contributed by atoms with E-state index < -0.39 is 27.1 Å². The molecule has 0 unspecified atom stereocenters. The van der Waals surface area contributed by atoms with Crippen LogP contribution in [-0.2, 0) is 4.79 Å². The molecule has 34 heavy (non-hydrogen) atoms. The lowest BCUT2D eigenvalue weighted by Gasteiger charge is -2.11. The van der Waals surface area contributed by atoms with Crippen molar-refractivity contribution in [3.05, 3.63) is 103 Å². The molecular formula is C23H15ClN4O6. The average molecular weight is 479 g/mol. The van der Waals surface area contributed by atoms with Gasteiger partial charge in [-0.1, -0.05) is 29.8 Å². The summed E-state index contributed by atoms with van der Waals surface area (Å²) >= 11 is 6.06. The predicted molar refractivity (Wildman–Crippen MR) is 125 cm³/mol. The first-order valence-corrected chi connectivity index (χ1v) is 9.96. The van der Waals surface area contributed by atoms with Crippen molar-refractivity contribution < 1.29 is 19.4 Å². The standard InChI is InChI=1S/C23H15ClN4O6/c1-14-4-2-3-5-19(14)26-23(29)16(13-25)10-15-11-17(24)6-8-21(15)34-22-9-7-18(27(30)31)12-20(22)28(32)33/h2-12H,1H3,(H,26,29)/b16-10+. The van der Waals surface area contributed by atoms with E-state index in [0.717, 1.165) is 23.8 Å². The summed E-state index contributed by atoms with van der Waals surface area (Å²) in [5.74, 6) is -0.905. The van der Waals surface area contributed by atoms with Crippen LogP contribution in [0.2, 0.25) is 5.02 Å². The van der Waals surface area contributed by atoms with Crippen molar-refractivity contribution in [3.8, 4) is 17.6 Å². The molecule has 0 fully saturated rings. The summed E-state index contributed by atoms with van der Waals surface area (Å²) in [5, 5.41) is 34.8. The maximum atomic E-state index is 12.7. The Morgan fingerprint density at radius 2 is 1.76 bits per heavy atom. The number of nitrogens with one attached hydrogen (secondary N) is 1. The number of amides is 1. The van der Waals surface area contributed by atoms with Gasteiger partial charge in [-0.3, -0.25) is 25.0 Å². The Morgan fingerprint density at radius 1 is 1.06 bits per heavy atom. The van der Waals surface area contributed by atoms with Gasteiger partial charge in [0.05, 0.1) is 15.9 Å². The fourth-order valence-corrected chi connectivity index (χ4v) is 3.08. The number of carbonyl (C=O) groups excluding carboxylic acids is 1. The molecule has 0 spiro atoms. The zero-order valence-corrected chi connectivity index (χ0v) is 18.3. The molecule has 0 bridgehead atoms. The number of halogens is 1. The second-order valence-corrected chi connectivity index (χ2v) is 7.33. The molecule has 1 N–H and O–H groups in total. The van der Waals surface area contributed by atoms with E-state index >= 15 is 0 Å². The number of benzene rings is 3. The quantitative estimate of drug-likeness (QED) is 0.195. The van der Waals surface area contributed by atoms with Gasteiger partial charge >= 0.3 is 5.69 Å². The molecule has 0 saturated heterocycles. The fraction of sp³-hybridized carbons (Fsp3) is 0.0435. The Morgan fingerprint density at radius 3 is 2.41 bits per heavy atom. The van der Waals surface area contributed by atoms with Crippen molar-refractivity contribution in [1.82, 2.24) is 0 Å². The molecule has 0 saturated carbocycles. The summed E-state index contributed by atoms with van der Waals surface area (Å²) < 4.78 is 5.65. The molecule has 0 aliphatic carbocycles. The highest BCUT2D eigenvalue weighted by molar-refractivity contribution is 6.30. The van der Waals surface area contributed by atoms with Gasteiger partial charge in [0, 0.05) is 22.3 Å². The Bertz CT molecular complexity index is 1380. The third kappa shape index (κ3) is 5.53. The number of nitriles is 1. The number of carbonyl (C=O) groups is 1. The Kier molecular flexibility index (Phi) is 7.20. The van der Waals surface area contributed by atoms with Gasteiger partial charge in [0.15, 0.2) is 0 Å². The van der Waals surface area contributed by atoms with Crippen molar-refractivity contribution in [3.63, 3.8) is 0 Å². The first kappa shape index (κ1) is 23.9. The molecule has 0 aromatic heterocycles. The van der Waals surface area contributed by atoms with Crippen LogP contribution in [0, 0.1) is 38.5 Å². The maximum Gasteiger partial charge on any atom is 0.318 e. The molecule has 3 rings (SSSR count). The lowest BCUT2D eigenvalue weighted by Crippen LogP contribution is -2.14. The molecule has 1 amide bonds. The van der Waals surface area contributed by atoms with Crippen LogP contribution in [0.25, 0.3) is 6.08 Å². The van der Waals surface area contributed by atoms with Gasteiger partial charge in [-0.05, 0) is 48.9 Å². The first-order valence-electron chi connectivity index (χ1n) is 9.58. The Hall–Kier alpha value is -4.75. The van der Waals surface area contributed by atoms with Gasteiger partial charge in [0.1, 0.15) is 17.4 Å². The summed E-state index contributed by atoms with van der Waals surface area (Å²) in [6.07, 6.45) is 1.23. The highest BCUT2D eigenvalue weighted by atomic mass is 35.5. The van der Waals surface area contributed by atoms with E-state index in [2.05, 4.69) is 5.32 Å². The third-order valence-electron chi connectivity index (χ3n) is 4.60. The van der Waals surface area contributed by atoms with Crippen LogP contribution in [0.4, 0.5) is 17.1 Å². The Balaban J connectivity index is 1.99. The Labute approximate surface area is 198 Å². The van der Waals surface area contributed by atoms with Gasteiger partial charge in [-0.25, -0.2) is 0 Å². The van der Waals surface area contributed by atoms with Gasteiger partial charge in [-0.2, -0.15) is 5.26 Å². The molecule has 0 heterocycles. The van der Waals surface area contributed by atoms with Gasteiger partial charge in [-0.15, -0.1) is 0 Å². The molecule has 3 aromatic carbocycles. The van der Waals surface area contributed by atoms with E-state index in [9.17, 15) is 30.3 Å². The van der Waals surface area contributed by atoms with Crippen molar-refractivity contribution in [2.45, 2.75) is 6.92 Å². The van der Waals surface area contributed by atoms with Crippen molar-refractivity contribution in [2.24, 2.45) is 0 Å². The number of anilines is 1. The number of nitrogens with zero attached hydrogens (tertiary/aromatic N) is 3. The average Bonchev–Trinajstić information content (AvgIpc) is 2.80. The van der Waals surface area contributed by atoms with E-state index in [4.69, 9.17) is 16.3 Å². The number of hydrogen-bond acceptors (Lipinski definition) is 7. The largest absolute Gasteiger partial charge is 0.449 e. The molecule has 3 aromatic rings. The highest BCUT2D eigenvalue weighted by Crippen LogP contribution is 2.37. The van der Waals surface area contributed by atoms with Crippen LogP contribution >= 0.6 is 11.6 Å². The van der Waals surface area contributed by atoms with Crippen LogP contribution in [0.15, 0.2) is 66.2 Å². The summed E-state index contributed by atoms with van der Waals surface area (Å²) in [6, 6.07) is 16.0. The van der Waals surface area contributed by atoms with Crippen molar-refractivity contribution >= 4 is 40.6 Å². The fourth-order valence-electron chi connectivity index (χ4n) is 2.90. The minimum absolute atomic E-state index is 0.0396. The normalized spacial score (nSPS) is 10.8. The smallest absolute Gasteiger partial charge is 0.318 e. The van der Waals surface area contributed by atoms with E-state index in [0.29, 0.717) is 5.69 Å². The van der Waals surface area contributed by atoms with Crippen LogP contribution in [0.1, 0.15) is 11.1 Å². The summed E-state index contributed by atoms with van der Waals surface area (Å²) in [4.78, 5) is 33.5. The lowest BCUT2D eigenvalue weighted by atomic mass is 10.1. The summed E-state index contributed by atoms with van der Waals surface area (Å²) in [5.41, 5.74) is 0.139. The number of aryl methyl sites for hydroxylation is 1. The lowest BCUT2D eigenvalue weighted by molar-refractivity contribution is -0.394. The van der Waals surface area contributed by atoms with Crippen LogP contribution in [0.5, 0.6) is 11.5 Å². The number of non-ortho nitro benzene ring substituents is 1. The molecule has 0 atom stereocenters. The van der Waals surface area contributed by atoms with Crippen LogP contribution < -0.4 is 10.1 Å².